The second kappa shape index (κ2) is 13.4. The summed E-state index contributed by atoms with van der Waals surface area (Å²) in [5.74, 6) is -2.62. The Morgan fingerprint density at radius 3 is 2.37 bits per heavy atom. The summed E-state index contributed by atoms with van der Waals surface area (Å²) in [7, 11) is 1.51. The lowest BCUT2D eigenvalue weighted by Crippen LogP contribution is -2.49. The predicted molar refractivity (Wildman–Crippen MR) is 141 cm³/mol. The zero-order chi connectivity index (χ0) is 30.3. The molecule has 1 aromatic carbocycles. The Kier molecular flexibility index (Phi) is 10.3. The topological polar surface area (TPSA) is 129 Å². The number of carboxylic acid groups (broad SMARTS) is 1. The van der Waals surface area contributed by atoms with Crippen LogP contribution >= 0.6 is 11.6 Å². The summed E-state index contributed by atoms with van der Waals surface area (Å²) in [5.41, 5.74) is 1.84. The number of carboxylic acids is 1. The second-order valence-corrected chi connectivity index (χ2v) is 9.21. The average molecular weight is 600 g/mol. The summed E-state index contributed by atoms with van der Waals surface area (Å²) in [6.45, 7) is 3.84. The highest BCUT2D eigenvalue weighted by molar-refractivity contribution is 6.31. The maximum Gasteiger partial charge on any atom is 0.490 e. The van der Waals surface area contributed by atoms with E-state index in [4.69, 9.17) is 26.2 Å². The third kappa shape index (κ3) is 8.16. The van der Waals surface area contributed by atoms with E-state index in [0.29, 0.717) is 67.0 Å². The van der Waals surface area contributed by atoms with E-state index < -0.39 is 18.0 Å². The summed E-state index contributed by atoms with van der Waals surface area (Å²) >= 11 is 6.05. The van der Waals surface area contributed by atoms with E-state index in [9.17, 15) is 27.2 Å². The van der Waals surface area contributed by atoms with Crippen molar-refractivity contribution < 1.29 is 37.0 Å². The van der Waals surface area contributed by atoms with E-state index in [0.717, 1.165) is 5.56 Å². The van der Waals surface area contributed by atoms with Crippen LogP contribution in [0.25, 0.3) is 0 Å². The van der Waals surface area contributed by atoms with Crippen LogP contribution in [-0.4, -0.2) is 76.5 Å². The number of benzene rings is 1. The minimum absolute atomic E-state index is 0.0253. The van der Waals surface area contributed by atoms with Gasteiger partial charge in [0.1, 0.15) is 16.7 Å². The van der Waals surface area contributed by atoms with E-state index in [1.807, 2.05) is 11.8 Å². The Labute approximate surface area is 236 Å². The fraction of sp³-hybridized carbons (Fsp3) is 0.346. The number of hydrogen-bond donors (Lipinski definition) is 2. The molecule has 2 N–H and O–H groups in total. The molecule has 1 amide bonds. The molecule has 0 spiro atoms. The van der Waals surface area contributed by atoms with Crippen molar-refractivity contribution in [2.75, 3.05) is 38.2 Å². The maximum absolute atomic E-state index is 14.6. The number of aliphatic carboxylic acids is 1. The monoisotopic (exact) mass is 599 g/mol. The molecular weight excluding hydrogens is 574 g/mol. The Bertz CT molecular complexity index is 1460. The van der Waals surface area contributed by atoms with E-state index in [1.165, 1.54) is 13.2 Å². The fourth-order valence-electron chi connectivity index (χ4n) is 3.94. The first-order valence-corrected chi connectivity index (χ1v) is 12.6. The lowest BCUT2D eigenvalue weighted by molar-refractivity contribution is -0.192. The molecular formula is C26H26ClF4N5O5. The van der Waals surface area contributed by atoms with Gasteiger partial charge in [0.15, 0.2) is 0 Å². The van der Waals surface area contributed by atoms with Gasteiger partial charge >= 0.3 is 12.1 Å². The fourth-order valence-corrected chi connectivity index (χ4v) is 4.13. The smallest absolute Gasteiger partial charge is 0.480 e. The van der Waals surface area contributed by atoms with Crippen LogP contribution in [0.4, 0.5) is 23.4 Å². The number of hydrogen-bond acceptors (Lipinski definition) is 7. The zero-order valence-corrected chi connectivity index (χ0v) is 22.7. The van der Waals surface area contributed by atoms with Gasteiger partial charge in [-0.2, -0.15) is 23.3 Å². The molecule has 1 aliphatic heterocycles. The van der Waals surface area contributed by atoms with Crippen LogP contribution in [0.15, 0.2) is 41.2 Å². The van der Waals surface area contributed by atoms with Crippen molar-refractivity contribution in [3.63, 3.8) is 0 Å². The van der Waals surface area contributed by atoms with Gasteiger partial charge in [0.25, 0.3) is 11.5 Å². The van der Waals surface area contributed by atoms with Crippen molar-refractivity contribution >= 4 is 29.3 Å². The molecule has 220 valence electrons. The van der Waals surface area contributed by atoms with Gasteiger partial charge in [0.05, 0.1) is 18.4 Å². The number of halogens is 5. The molecule has 3 aromatic rings. The Morgan fingerprint density at radius 2 is 1.78 bits per heavy atom. The molecule has 0 aliphatic carbocycles. The lowest BCUT2D eigenvalue weighted by atomic mass is 10.0. The number of pyridine rings is 1. The number of aryl methyl sites for hydroxylation is 1. The number of rotatable bonds is 6. The van der Waals surface area contributed by atoms with Crippen LogP contribution in [-0.2, 0) is 17.6 Å². The first-order valence-electron chi connectivity index (χ1n) is 12.2. The van der Waals surface area contributed by atoms with Crippen LogP contribution in [0.3, 0.4) is 0 Å². The first-order chi connectivity index (χ1) is 19.3. The van der Waals surface area contributed by atoms with E-state index >= 15 is 0 Å². The van der Waals surface area contributed by atoms with Gasteiger partial charge in [0.2, 0.25) is 5.88 Å². The second-order valence-electron chi connectivity index (χ2n) is 8.80. The number of ether oxygens (including phenoxy) is 1. The van der Waals surface area contributed by atoms with E-state index in [2.05, 4.69) is 15.2 Å². The molecule has 3 heterocycles. The largest absolute Gasteiger partial charge is 0.490 e. The van der Waals surface area contributed by atoms with Crippen molar-refractivity contribution in [2.45, 2.75) is 25.9 Å². The number of nitrogens with one attached hydrogen (secondary N) is 1. The van der Waals surface area contributed by atoms with Gasteiger partial charge in [-0.1, -0.05) is 24.6 Å². The van der Waals surface area contributed by atoms with Crippen LogP contribution in [0, 0.1) is 5.82 Å². The Balaban J connectivity index is 0.000000587. The van der Waals surface area contributed by atoms with Crippen LogP contribution in [0.5, 0.6) is 5.88 Å². The number of methoxy groups -OCH3 is 1. The summed E-state index contributed by atoms with van der Waals surface area (Å²) in [4.78, 5) is 41.8. The quantitative estimate of drug-likeness (QED) is 0.410. The number of alkyl halides is 3. The summed E-state index contributed by atoms with van der Waals surface area (Å²) in [6.07, 6.45) is -4.12. The maximum atomic E-state index is 14.6. The molecule has 15 heteroatoms. The number of anilines is 1. The molecule has 2 aromatic heterocycles. The highest BCUT2D eigenvalue weighted by Gasteiger charge is 2.38. The Morgan fingerprint density at radius 1 is 1.12 bits per heavy atom. The van der Waals surface area contributed by atoms with Gasteiger partial charge in [0, 0.05) is 38.2 Å². The Hall–Kier alpha value is -4.20. The van der Waals surface area contributed by atoms with Crippen LogP contribution in [0.1, 0.15) is 34.1 Å². The third-order valence-corrected chi connectivity index (χ3v) is 6.37. The van der Waals surface area contributed by atoms with Crippen molar-refractivity contribution in [1.82, 2.24) is 20.1 Å². The minimum atomic E-state index is -5.08. The minimum Gasteiger partial charge on any atom is -0.480 e. The number of nitrogens with zero attached hydrogens (tertiary/aromatic N) is 4. The molecule has 1 fully saturated rings. The third-order valence-electron chi connectivity index (χ3n) is 6.09. The number of aromatic nitrogens is 3. The zero-order valence-electron chi connectivity index (χ0n) is 22.0. The van der Waals surface area contributed by atoms with Crippen molar-refractivity contribution in [1.29, 1.82) is 0 Å². The van der Waals surface area contributed by atoms with Crippen molar-refractivity contribution in [2.24, 2.45) is 0 Å². The van der Waals surface area contributed by atoms with Gasteiger partial charge in [-0.15, -0.1) is 0 Å². The molecule has 0 atom stereocenters. The molecule has 1 aliphatic rings. The van der Waals surface area contributed by atoms with Crippen LogP contribution in [0.2, 0.25) is 5.02 Å². The molecule has 4 rings (SSSR count). The van der Waals surface area contributed by atoms with Crippen LogP contribution < -0.4 is 15.2 Å². The number of carbonyl (C=O) groups is 2. The highest BCUT2D eigenvalue weighted by atomic mass is 35.5. The SMILES string of the molecule is CCc1cc(Cc2ccc(F)c(C(=O)N3CCN(c4ccc(Cl)c(OC)n4)CC3)c2)n[nH]c1=O.O=C(O)C(F)(F)F. The summed E-state index contributed by atoms with van der Waals surface area (Å²) in [6, 6.07) is 9.76. The predicted octanol–water partition coefficient (Wildman–Crippen LogP) is 3.71. The van der Waals surface area contributed by atoms with E-state index in [-0.39, 0.29) is 17.0 Å². The highest BCUT2D eigenvalue weighted by Crippen LogP contribution is 2.26. The summed E-state index contributed by atoms with van der Waals surface area (Å²) < 4.78 is 51.5. The van der Waals surface area contributed by atoms with Gasteiger partial charge in [-0.25, -0.2) is 14.3 Å². The molecule has 10 nitrogen and oxygen atoms in total. The molecule has 0 unspecified atom stereocenters. The molecule has 1 saturated heterocycles. The molecule has 0 radical (unpaired) electrons. The number of H-pyrrole nitrogens is 1. The number of carbonyl (C=O) groups excluding carboxylic acids is 1. The van der Waals surface area contributed by atoms with Gasteiger partial charge < -0.3 is 19.6 Å². The first kappa shape index (κ1) is 31.3. The molecule has 41 heavy (non-hydrogen) atoms. The van der Waals surface area contributed by atoms with Gasteiger partial charge in [-0.3, -0.25) is 9.59 Å². The van der Waals surface area contributed by atoms with Crippen molar-refractivity contribution in [3.05, 3.63) is 80.0 Å². The lowest BCUT2D eigenvalue weighted by Gasteiger charge is -2.35. The average Bonchev–Trinajstić information content (AvgIpc) is 2.95. The molecule has 0 saturated carbocycles. The van der Waals surface area contributed by atoms with E-state index in [1.54, 1.807) is 35.2 Å². The normalized spacial score (nSPS) is 13.3. The van der Waals surface area contributed by atoms with Gasteiger partial charge in [-0.05, 0) is 42.3 Å². The van der Waals surface area contributed by atoms with Crippen molar-refractivity contribution in [3.8, 4) is 5.88 Å². The molecule has 0 bridgehead atoms. The summed E-state index contributed by atoms with van der Waals surface area (Å²) in [5, 5.41) is 14.1. The number of piperazine rings is 1. The standard InChI is InChI=1S/C24H25ClFN5O3.C2HF3O2/c1-3-16-14-17(28-29-22(16)32)12-15-4-6-20(26)18(13-15)24(33)31-10-8-30(9-11-31)21-7-5-19(25)23(27-21)34-2;3-2(4,5)1(6)7/h4-7,13-14H,3,8-12H2,1-2H3,(H,29,32);(H,6,7). The number of amides is 1. The number of aromatic amines is 1.